The van der Waals surface area contributed by atoms with Crippen LogP contribution >= 0.6 is 0 Å². The number of amides is 1. The molecule has 1 aromatic heterocycles. The Labute approximate surface area is 139 Å². The molecule has 1 N–H and O–H groups in total. The van der Waals surface area contributed by atoms with Crippen molar-refractivity contribution in [3.05, 3.63) is 90.0 Å². The van der Waals surface area contributed by atoms with Crippen LogP contribution in [0.15, 0.2) is 78.2 Å². The van der Waals surface area contributed by atoms with Crippen molar-refractivity contribution in [2.75, 3.05) is 0 Å². The molecular weight excluding hydrogens is 305 g/mol. The maximum Gasteiger partial charge on any atom is 0.273 e. The lowest BCUT2D eigenvalue weighted by Crippen LogP contribution is -2.21. The molecule has 0 aliphatic carbocycles. The van der Waals surface area contributed by atoms with Crippen LogP contribution in [0, 0.1) is 5.82 Å². The Bertz CT molecular complexity index is 885. The van der Waals surface area contributed by atoms with Gasteiger partial charge in [0.15, 0.2) is 0 Å². The van der Waals surface area contributed by atoms with Crippen LogP contribution in [-0.2, 0) is 0 Å². The predicted molar refractivity (Wildman–Crippen MR) is 91.8 cm³/mol. The summed E-state index contributed by atoms with van der Waals surface area (Å²) in [5.74, 6) is -0.726. The number of aromatic nitrogens is 1. The van der Waals surface area contributed by atoms with Gasteiger partial charge in [0.05, 0.1) is 17.0 Å². The van der Waals surface area contributed by atoms with Gasteiger partial charge in [0.2, 0.25) is 0 Å². The first-order chi connectivity index (χ1) is 11.7. The average molecular weight is 321 g/mol. The fraction of sp³-hybridized carbons (Fsp3) is 0.0526. The number of hydrogen-bond acceptors (Lipinski definition) is 2. The van der Waals surface area contributed by atoms with Gasteiger partial charge in [-0.05, 0) is 37.3 Å². The number of nitrogens with one attached hydrogen (secondary N) is 1. The van der Waals surface area contributed by atoms with Crippen molar-refractivity contribution in [2.24, 2.45) is 5.10 Å². The third-order valence-corrected chi connectivity index (χ3v) is 3.62. The highest BCUT2D eigenvalue weighted by Gasteiger charge is 2.12. The quantitative estimate of drug-likeness (QED) is 0.577. The Kier molecular flexibility index (Phi) is 4.52. The number of carbonyl (C=O) groups excluding carboxylic acids is 1. The molecule has 1 heterocycles. The largest absolute Gasteiger partial charge is 0.323 e. The number of nitrogens with zero attached hydrogens (tertiary/aromatic N) is 2. The molecule has 0 aliphatic heterocycles. The Morgan fingerprint density at radius 3 is 2.29 bits per heavy atom. The molecule has 3 rings (SSSR count). The summed E-state index contributed by atoms with van der Waals surface area (Å²) in [7, 11) is 0. The molecule has 0 spiro atoms. The highest BCUT2D eigenvalue weighted by molar-refractivity contribution is 6.02. The first kappa shape index (κ1) is 15.7. The van der Waals surface area contributed by atoms with E-state index in [2.05, 4.69) is 10.5 Å². The van der Waals surface area contributed by atoms with E-state index in [-0.39, 0.29) is 11.7 Å². The summed E-state index contributed by atoms with van der Waals surface area (Å²) < 4.78 is 15.6. The second-order valence-electron chi connectivity index (χ2n) is 5.23. The number of hydrogen-bond donors (Lipinski definition) is 1. The fourth-order valence-corrected chi connectivity index (χ4v) is 2.40. The van der Waals surface area contributed by atoms with Crippen LogP contribution in [0.25, 0.3) is 5.69 Å². The van der Waals surface area contributed by atoms with E-state index in [4.69, 9.17) is 0 Å². The van der Waals surface area contributed by atoms with Crippen molar-refractivity contribution in [1.82, 2.24) is 9.99 Å². The van der Waals surface area contributed by atoms with Gasteiger partial charge in [-0.15, -0.1) is 0 Å². The zero-order chi connectivity index (χ0) is 16.9. The van der Waals surface area contributed by atoms with Gasteiger partial charge in [-0.25, -0.2) is 9.82 Å². The second-order valence-corrected chi connectivity index (χ2v) is 5.23. The van der Waals surface area contributed by atoms with E-state index in [9.17, 15) is 9.18 Å². The summed E-state index contributed by atoms with van der Waals surface area (Å²) in [6, 6.07) is 17.3. The molecule has 3 aromatic rings. The van der Waals surface area contributed by atoms with Crippen molar-refractivity contribution in [3.8, 4) is 5.69 Å². The number of hydrazone groups is 1. The minimum absolute atomic E-state index is 0.352. The highest BCUT2D eigenvalue weighted by atomic mass is 19.1. The topological polar surface area (TPSA) is 46.4 Å². The maximum absolute atomic E-state index is 13.7. The molecule has 4 nitrogen and oxygen atoms in total. The molecular formula is C19H16FN3O. The van der Waals surface area contributed by atoms with Crippen LogP contribution in [0.1, 0.15) is 22.8 Å². The Morgan fingerprint density at radius 2 is 1.58 bits per heavy atom. The number of benzene rings is 2. The lowest BCUT2D eigenvalue weighted by atomic mass is 10.1. The second kappa shape index (κ2) is 6.91. The van der Waals surface area contributed by atoms with Crippen molar-refractivity contribution in [2.45, 2.75) is 6.92 Å². The molecule has 0 atom stereocenters. The zero-order valence-electron chi connectivity index (χ0n) is 13.1. The van der Waals surface area contributed by atoms with E-state index < -0.39 is 0 Å². The van der Waals surface area contributed by atoms with Gasteiger partial charge >= 0.3 is 0 Å². The molecule has 0 aliphatic rings. The fourth-order valence-electron chi connectivity index (χ4n) is 2.40. The lowest BCUT2D eigenvalue weighted by Gasteiger charge is -2.09. The number of rotatable bonds is 4. The smallest absolute Gasteiger partial charge is 0.273 e. The first-order valence-corrected chi connectivity index (χ1v) is 7.49. The molecule has 0 bridgehead atoms. The predicted octanol–water partition coefficient (Wildman–Crippen LogP) is 3.77. The van der Waals surface area contributed by atoms with Crippen molar-refractivity contribution in [3.63, 3.8) is 0 Å². The van der Waals surface area contributed by atoms with Gasteiger partial charge in [0.25, 0.3) is 5.91 Å². The van der Waals surface area contributed by atoms with Gasteiger partial charge in [-0.3, -0.25) is 4.79 Å². The van der Waals surface area contributed by atoms with E-state index >= 15 is 0 Å². The highest BCUT2D eigenvalue weighted by Crippen LogP contribution is 2.15. The molecule has 5 heteroatoms. The van der Waals surface area contributed by atoms with Gasteiger partial charge in [0, 0.05) is 18.0 Å². The summed E-state index contributed by atoms with van der Waals surface area (Å²) >= 11 is 0. The molecule has 1 amide bonds. The van der Waals surface area contributed by atoms with Gasteiger partial charge in [-0.1, -0.05) is 30.3 Å². The molecule has 24 heavy (non-hydrogen) atoms. The molecule has 120 valence electrons. The molecule has 0 saturated carbocycles. The van der Waals surface area contributed by atoms with Gasteiger partial charge in [0.1, 0.15) is 5.82 Å². The van der Waals surface area contributed by atoms with Crippen molar-refractivity contribution >= 4 is 11.6 Å². The average Bonchev–Trinajstić information content (AvgIpc) is 3.14. The third kappa shape index (κ3) is 3.25. The molecule has 0 unspecified atom stereocenters. The SMILES string of the molecule is C/C(=N\NC(=O)c1ccccc1-n1cccc1)c1ccccc1F. The monoisotopic (exact) mass is 321 g/mol. The first-order valence-electron chi connectivity index (χ1n) is 7.49. The minimum Gasteiger partial charge on any atom is -0.323 e. The number of halogens is 1. The van der Waals surface area contributed by atoms with Gasteiger partial charge in [-0.2, -0.15) is 5.10 Å². The molecule has 0 radical (unpaired) electrons. The standard InChI is InChI=1S/C19H16FN3O/c1-14(15-8-2-4-10-17(15)20)21-22-19(24)16-9-3-5-11-18(16)23-12-6-7-13-23/h2-13H,1H3,(H,22,24)/b21-14+. The van der Waals surface area contributed by atoms with Crippen molar-refractivity contribution < 1.29 is 9.18 Å². The van der Waals surface area contributed by atoms with Crippen LogP contribution in [0.5, 0.6) is 0 Å². The number of para-hydroxylation sites is 1. The summed E-state index contributed by atoms with van der Waals surface area (Å²) in [5, 5.41) is 4.02. The Balaban J connectivity index is 1.84. The van der Waals surface area contributed by atoms with Crippen LogP contribution in [0.3, 0.4) is 0 Å². The third-order valence-electron chi connectivity index (χ3n) is 3.62. The van der Waals surface area contributed by atoms with Gasteiger partial charge < -0.3 is 4.57 Å². The van der Waals surface area contributed by atoms with Crippen LogP contribution in [-0.4, -0.2) is 16.2 Å². The summed E-state index contributed by atoms with van der Waals surface area (Å²) in [5.41, 5.74) is 4.49. The zero-order valence-corrected chi connectivity index (χ0v) is 13.1. The molecule has 0 saturated heterocycles. The van der Waals surface area contributed by atoms with E-state index in [1.54, 1.807) is 37.3 Å². The summed E-state index contributed by atoms with van der Waals surface area (Å²) in [6.45, 7) is 1.65. The normalized spacial score (nSPS) is 11.3. The van der Waals surface area contributed by atoms with Crippen LogP contribution in [0.2, 0.25) is 0 Å². The van der Waals surface area contributed by atoms with E-state index in [0.717, 1.165) is 5.69 Å². The van der Waals surface area contributed by atoms with E-state index in [1.165, 1.54) is 6.07 Å². The Morgan fingerprint density at radius 1 is 0.958 bits per heavy atom. The maximum atomic E-state index is 13.7. The van der Waals surface area contributed by atoms with Crippen LogP contribution < -0.4 is 5.43 Å². The summed E-state index contributed by atoms with van der Waals surface area (Å²) in [6.07, 6.45) is 3.72. The minimum atomic E-state index is -0.374. The Hall–Kier alpha value is -3.21. The lowest BCUT2D eigenvalue weighted by molar-refractivity contribution is 0.0955. The molecule has 0 fully saturated rings. The van der Waals surface area contributed by atoms with Crippen molar-refractivity contribution in [1.29, 1.82) is 0 Å². The van der Waals surface area contributed by atoms with E-state index in [0.29, 0.717) is 16.8 Å². The van der Waals surface area contributed by atoms with Crippen LogP contribution in [0.4, 0.5) is 4.39 Å². The summed E-state index contributed by atoms with van der Waals surface area (Å²) in [4.78, 5) is 12.5. The number of carbonyl (C=O) groups is 1. The van der Waals surface area contributed by atoms with E-state index in [1.807, 2.05) is 41.2 Å². The molecule has 2 aromatic carbocycles.